The maximum absolute atomic E-state index is 11.9. The van der Waals surface area contributed by atoms with Gasteiger partial charge in [0.1, 0.15) is 11.5 Å². The maximum Gasteiger partial charge on any atom is 0.127 e. The van der Waals surface area contributed by atoms with Crippen molar-refractivity contribution in [1.29, 1.82) is 0 Å². The minimum Gasteiger partial charge on any atom is -0.507 e. The molecule has 0 saturated heterocycles. The van der Waals surface area contributed by atoms with Gasteiger partial charge in [0, 0.05) is 23.0 Å². The van der Waals surface area contributed by atoms with E-state index in [1.54, 1.807) is 0 Å². The molecule has 0 amide bonds. The summed E-state index contributed by atoms with van der Waals surface area (Å²) in [4.78, 5) is 0. The van der Waals surface area contributed by atoms with E-state index in [0.29, 0.717) is 17.2 Å². The first-order chi connectivity index (χ1) is 15.6. The Bertz CT molecular complexity index is 962. The highest BCUT2D eigenvalue weighted by Crippen LogP contribution is 2.52. The summed E-state index contributed by atoms with van der Waals surface area (Å²) < 4.78 is 0. The average molecular weight is 449 g/mol. The summed E-state index contributed by atoms with van der Waals surface area (Å²) in [5.74, 6) is 1.12. The number of phenolic OH excluding ortho intramolecular Hbond substituents is 2. The van der Waals surface area contributed by atoms with Gasteiger partial charge in [0.25, 0.3) is 0 Å². The molecule has 1 aromatic rings. The molecular weight excluding hydrogens is 404 g/mol. The molecule has 0 spiro atoms. The van der Waals surface area contributed by atoms with Crippen LogP contribution in [0.5, 0.6) is 11.5 Å². The van der Waals surface area contributed by atoms with Crippen LogP contribution < -0.4 is 0 Å². The van der Waals surface area contributed by atoms with E-state index in [2.05, 4.69) is 59.9 Å². The van der Waals surface area contributed by atoms with Gasteiger partial charge in [0.05, 0.1) is 0 Å². The normalized spacial score (nSPS) is 25.4. The third-order valence-electron chi connectivity index (χ3n) is 7.92. The number of hydrogen-bond donors (Lipinski definition) is 2. The molecule has 2 aliphatic carbocycles. The van der Waals surface area contributed by atoms with Crippen molar-refractivity contribution < 1.29 is 10.2 Å². The summed E-state index contributed by atoms with van der Waals surface area (Å²) in [6.45, 7) is 19.3. The van der Waals surface area contributed by atoms with Gasteiger partial charge in [-0.25, -0.2) is 0 Å². The zero-order chi connectivity index (χ0) is 24.3. The van der Waals surface area contributed by atoms with Crippen LogP contribution in [0.2, 0.25) is 0 Å². The molecule has 0 bridgehead atoms. The molecule has 2 N–H and O–H groups in total. The molecule has 4 atom stereocenters. The smallest absolute Gasteiger partial charge is 0.127 e. The lowest BCUT2D eigenvalue weighted by Gasteiger charge is -2.35. The summed E-state index contributed by atoms with van der Waals surface area (Å²) in [6, 6.07) is 1.96. The van der Waals surface area contributed by atoms with Gasteiger partial charge in [-0.2, -0.15) is 0 Å². The standard InChI is InChI=1S/C31H44O2/c1-8-9-10-11-23-18-28(32)30(27-17-22(7)13-15-25(27)20(4)5)31(33)29(23)26-16-21(6)12-14-24(26)19(2)3/h16-18,24-27,32-33H,2,4,8-15H2,1,3,5-7H3/t24-,25-,26?,27?/m0/s1. The van der Waals surface area contributed by atoms with Crippen molar-refractivity contribution in [2.75, 3.05) is 0 Å². The van der Waals surface area contributed by atoms with Crippen molar-refractivity contribution >= 4 is 0 Å². The molecule has 0 heterocycles. The van der Waals surface area contributed by atoms with Gasteiger partial charge < -0.3 is 10.2 Å². The van der Waals surface area contributed by atoms with Crippen molar-refractivity contribution in [3.8, 4) is 11.5 Å². The second-order valence-electron chi connectivity index (χ2n) is 10.7. The lowest BCUT2D eigenvalue weighted by atomic mass is 9.69. The Morgan fingerprint density at radius 1 is 0.879 bits per heavy atom. The molecular formula is C31H44O2. The van der Waals surface area contributed by atoms with Gasteiger partial charge in [-0.05, 0) is 89.7 Å². The van der Waals surface area contributed by atoms with E-state index in [4.69, 9.17) is 0 Å². The molecule has 0 radical (unpaired) electrons. The van der Waals surface area contributed by atoms with E-state index in [-0.39, 0.29) is 23.5 Å². The van der Waals surface area contributed by atoms with Crippen LogP contribution in [-0.4, -0.2) is 10.2 Å². The van der Waals surface area contributed by atoms with Crippen LogP contribution in [0.25, 0.3) is 0 Å². The number of aryl methyl sites for hydroxylation is 1. The molecule has 0 saturated carbocycles. The summed E-state index contributed by atoms with van der Waals surface area (Å²) >= 11 is 0. The topological polar surface area (TPSA) is 40.5 Å². The van der Waals surface area contributed by atoms with Gasteiger partial charge in [-0.3, -0.25) is 0 Å². The fourth-order valence-electron chi connectivity index (χ4n) is 6.02. The van der Waals surface area contributed by atoms with Crippen molar-refractivity contribution in [3.05, 3.63) is 70.4 Å². The number of rotatable bonds is 8. The minimum absolute atomic E-state index is 0.0448. The van der Waals surface area contributed by atoms with Gasteiger partial charge in [-0.15, -0.1) is 0 Å². The maximum atomic E-state index is 11.9. The summed E-state index contributed by atoms with van der Waals surface area (Å²) in [7, 11) is 0. The molecule has 1 aromatic carbocycles. The number of unbranched alkanes of at least 4 members (excludes halogenated alkanes) is 2. The van der Waals surface area contributed by atoms with E-state index in [1.165, 1.54) is 16.7 Å². The number of aromatic hydroxyl groups is 2. The van der Waals surface area contributed by atoms with E-state index >= 15 is 0 Å². The number of allylic oxidation sites excluding steroid dienone is 6. The average Bonchev–Trinajstić information content (AvgIpc) is 2.73. The fourth-order valence-corrected chi connectivity index (χ4v) is 6.02. The molecule has 3 rings (SSSR count). The van der Waals surface area contributed by atoms with Crippen LogP contribution in [0.15, 0.2) is 53.7 Å². The van der Waals surface area contributed by atoms with Crippen LogP contribution in [0.1, 0.15) is 108 Å². The Kier molecular flexibility index (Phi) is 8.32. The highest BCUT2D eigenvalue weighted by molar-refractivity contribution is 5.59. The Morgan fingerprint density at radius 2 is 1.39 bits per heavy atom. The molecule has 2 nitrogen and oxygen atoms in total. The van der Waals surface area contributed by atoms with Crippen molar-refractivity contribution in [1.82, 2.24) is 0 Å². The largest absolute Gasteiger partial charge is 0.507 e. The lowest BCUT2D eigenvalue weighted by molar-refractivity contribution is 0.393. The Hall–Kier alpha value is -2.22. The quantitative estimate of drug-likeness (QED) is 0.308. The number of benzene rings is 1. The Morgan fingerprint density at radius 3 is 1.88 bits per heavy atom. The molecule has 180 valence electrons. The first kappa shape index (κ1) is 25.4. The fraction of sp³-hybridized carbons (Fsp3) is 0.548. The molecule has 0 aromatic heterocycles. The molecule has 0 aliphatic heterocycles. The van der Waals surface area contributed by atoms with Crippen molar-refractivity contribution in [3.63, 3.8) is 0 Å². The van der Waals surface area contributed by atoms with Gasteiger partial charge in [-0.1, -0.05) is 67.4 Å². The van der Waals surface area contributed by atoms with Crippen LogP contribution in [0.4, 0.5) is 0 Å². The lowest BCUT2D eigenvalue weighted by Crippen LogP contribution is -2.21. The monoisotopic (exact) mass is 448 g/mol. The highest BCUT2D eigenvalue weighted by atomic mass is 16.3. The van der Waals surface area contributed by atoms with Crippen LogP contribution >= 0.6 is 0 Å². The molecule has 2 aliphatic rings. The van der Waals surface area contributed by atoms with Crippen LogP contribution in [0.3, 0.4) is 0 Å². The van der Waals surface area contributed by atoms with Gasteiger partial charge in [0.15, 0.2) is 0 Å². The summed E-state index contributed by atoms with van der Waals surface area (Å²) in [5, 5.41) is 23.2. The van der Waals surface area contributed by atoms with E-state index in [0.717, 1.165) is 68.1 Å². The van der Waals surface area contributed by atoms with Crippen molar-refractivity contribution in [2.45, 2.75) is 97.8 Å². The predicted octanol–water partition coefficient (Wildman–Crippen LogP) is 8.86. The van der Waals surface area contributed by atoms with Gasteiger partial charge in [0.2, 0.25) is 0 Å². The van der Waals surface area contributed by atoms with E-state index in [9.17, 15) is 10.2 Å². The highest BCUT2D eigenvalue weighted by Gasteiger charge is 2.35. The zero-order valence-corrected chi connectivity index (χ0v) is 21.5. The molecule has 0 fully saturated rings. The predicted molar refractivity (Wildman–Crippen MR) is 141 cm³/mol. The Balaban J connectivity index is 2.23. The first-order valence-corrected chi connectivity index (χ1v) is 12.9. The third kappa shape index (κ3) is 5.48. The Labute approximate surface area is 201 Å². The summed E-state index contributed by atoms with van der Waals surface area (Å²) in [5.41, 5.74) is 7.77. The second kappa shape index (κ2) is 10.8. The first-order valence-electron chi connectivity index (χ1n) is 12.9. The van der Waals surface area contributed by atoms with E-state index in [1.807, 2.05) is 6.07 Å². The zero-order valence-electron chi connectivity index (χ0n) is 21.5. The minimum atomic E-state index is -0.0448. The molecule has 2 unspecified atom stereocenters. The SMILES string of the molecule is C=C(C)[C@@H]1CCC(C)=CC1c1c(O)cc(CCCCC)c(C2C=C(C)CC[C@H]2C(=C)C)c1O. The van der Waals surface area contributed by atoms with Crippen LogP contribution in [0, 0.1) is 11.8 Å². The number of hydrogen-bond acceptors (Lipinski definition) is 2. The van der Waals surface area contributed by atoms with E-state index < -0.39 is 0 Å². The number of phenols is 2. The summed E-state index contributed by atoms with van der Waals surface area (Å²) in [6.07, 6.45) is 13.0. The molecule has 33 heavy (non-hydrogen) atoms. The molecule has 2 heteroatoms. The third-order valence-corrected chi connectivity index (χ3v) is 7.92. The van der Waals surface area contributed by atoms with Crippen LogP contribution in [-0.2, 0) is 6.42 Å². The van der Waals surface area contributed by atoms with Gasteiger partial charge >= 0.3 is 0 Å². The second-order valence-corrected chi connectivity index (χ2v) is 10.7. The van der Waals surface area contributed by atoms with Crippen molar-refractivity contribution in [2.24, 2.45) is 11.8 Å².